The van der Waals surface area contributed by atoms with Crippen molar-refractivity contribution in [2.24, 2.45) is 29.4 Å². The lowest BCUT2D eigenvalue weighted by atomic mass is 9.45. The van der Waals surface area contributed by atoms with Crippen LogP contribution in [-0.4, -0.2) is 11.0 Å². The lowest BCUT2D eigenvalue weighted by Crippen LogP contribution is -2.53. The van der Waals surface area contributed by atoms with E-state index in [9.17, 15) is 9.90 Å². The Morgan fingerprint density at radius 1 is 1.26 bits per heavy atom. The average molecular weight is 366 g/mol. The molecular weight excluding hydrogens is 334 g/mol. The molecule has 0 saturated heterocycles. The monoisotopic (exact) mass is 365 g/mol. The molecule has 3 heteroatoms. The smallest absolute Gasteiger partial charge is 0.252 e. The molecule has 2 bridgehead atoms. The second-order valence-corrected chi connectivity index (χ2v) is 9.79. The molecule has 0 aromatic heterocycles. The molecule has 1 aromatic rings. The number of rotatable bonds is 3. The predicted molar refractivity (Wildman–Crippen MR) is 107 cm³/mol. The van der Waals surface area contributed by atoms with Crippen LogP contribution in [0.15, 0.2) is 24.3 Å². The molecule has 1 amide bonds. The maximum absolute atomic E-state index is 11.9. The number of fused-ring (bicyclic) bond motifs is 1. The highest BCUT2D eigenvalue weighted by Gasteiger charge is 2.56. The zero-order chi connectivity index (χ0) is 18.8. The van der Waals surface area contributed by atoms with Crippen molar-refractivity contribution in [3.63, 3.8) is 0 Å². The van der Waals surface area contributed by atoms with Gasteiger partial charge in [0.1, 0.15) is 5.75 Å². The van der Waals surface area contributed by atoms with Crippen LogP contribution >= 0.6 is 0 Å². The quantitative estimate of drug-likeness (QED) is 0.752. The van der Waals surface area contributed by atoms with E-state index in [0.717, 1.165) is 49.0 Å². The number of benzene rings is 1. The molecule has 4 aliphatic carbocycles. The van der Waals surface area contributed by atoms with Crippen LogP contribution in [0.4, 0.5) is 0 Å². The number of aromatic hydroxyl groups is 1. The van der Waals surface area contributed by atoms with Crippen LogP contribution in [0.5, 0.6) is 5.75 Å². The third-order valence-electron chi connectivity index (χ3n) is 8.51. The largest absolute Gasteiger partial charge is 0.507 e. The molecule has 3 N–H and O–H groups in total. The highest BCUT2D eigenvalue weighted by atomic mass is 16.3. The number of amides is 1. The van der Waals surface area contributed by atoms with Crippen LogP contribution in [0.25, 0.3) is 0 Å². The first-order chi connectivity index (χ1) is 13.0. The molecule has 0 aliphatic heterocycles. The maximum atomic E-state index is 11.9. The number of hydrogen-bond donors (Lipinski definition) is 2. The van der Waals surface area contributed by atoms with Gasteiger partial charge >= 0.3 is 0 Å². The van der Waals surface area contributed by atoms with Crippen molar-refractivity contribution in [1.29, 1.82) is 0 Å². The Kier molecular flexibility index (Phi) is 3.93. The van der Waals surface area contributed by atoms with Crippen molar-refractivity contribution in [2.75, 3.05) is 0 Å². The summed E-state index contributed by atoms with van der Waals surface area (Å²) in [6.07, 6.45) is 12.4. The molecule has 4 aliphatic rings. The van der Waals surface area contributed by atoms with Gasteiger partial charge in [-0.2, -0.15) is 0 Å². The van der Waals surface area contributed by atoms with Gasteiger partial charge in [-0.25, -0.2) is 0 Å². The van der Waals surface area contributed by atoms with E-state index in [0.29, 0.717) is 5.92 Å². The summed E-state index contributed by atoms with van der Waals surface area (Å²) in [6.45, 7) is 4.32. The summed E-state index contributed by atoms with van der Waals surface area (Å²) in [4.78, 5) is 11.9. The summed E-state index contributed by atoms with van der Waals surface area (Å²) in [5.74, 6) is 2.75. The van der Waals surface area contributed by atoms with Gasteiger partial charge in [0.25, 0.3) is 5.91 Å². The van der Waals surface area contributed by atoms with E-state index in [-0.39, 0.29) is 16.7 Å². The molecule has 0 radical (unpaired) electrons. The maximum Gasteiger partial charge on any atom is 0.252 e. The summed E-state index contributed by atoms with van der Waals surface area (Å²) in [7, 11) is 0. The van der Waals surface area contributed by atoms with E-state index in [1.807, 2.05) is 0 Å². The van der Waals surface area contributed by atoms with Crippen molar-refractivity contribution in [3.05, 3.63) is 41.0 Å². The first-order valence-corrected chi connectivity index (χ1v) is 10.8. The number of primary amides is 1. The molecule has 144 valence electrons. The van der Waals surface area contributed by atoms with Gasteiger partial charge in [-0.05, 0) is 80.2 Å². The number of hydrogen-bond acceptors (Lipinski definition) is 2. The van der Waals surface area contributed by atoms with E-state index >= 15 is 0 Å². The average Bonchev–Trinajstić information content (AvgIpc) is 2.58. The molecule has 0 spiro atoms. The normalized spacial score (nSPS) is 35.1. The Bertz CT molecular complexity index is 809. The molecule has 1 aromatic carbocycles. The number of carbonyl (C=O) groups excluding carboxylic acids is 1. The number of nitrogens with two attached hydrogens (primary N) is 1. The van der Waals surface area contributed by atoms with Gasteiger partial charge in [0.05, 0.1) is 5.56 Å². The number of allylic oxidation sites excluding steroid dienone is 1. The zero-order valence-electron chi connectivity index (χ0n) is 16.2. The second-order valence-electron chi connectivity index (χ2n) is 9.79. The minimum Gasteiger partial charge on any atom is -0.507 e. The fraction of sp³-hybridized carbons (Fsp3) is 0.625. The number of carbonyl (C=O) groups is 1. The molecule has 27 heavy (non-hydrogen) atoms. The summed E-state index contributed by atoms with van der Waals surface area (Å²) >= 11 is 0. The van der Waals surface area contributed by atoms with Crippen molar-refractivity contribution >= 4 is 5.91 Å². The highest BCUT2D eigenvalue weighted by Crippen LogP contribution is 2.63. The summed E-state index contributed by atoms with van der Waals surface area (Å²) < 4.78 is 0. The van der Waals surface area contributed by atoms with E-state index < -0.39 is 5.91 Å². The Balaban J connectivity index is 1.61. The molecule has 3 fully saturated rings. The Morgan fingerprint density at radius 2 is 2.07 bits per heavy atom. The SMILES string of the molecule is C=C1CC[C@H]2[C@H]3Cc4ccc(C(N)=O)c(O)c4C2(CCC3CC2CCC2)C1. The molecule has 0 heterocycles. The lowest BCUT2D eigenvalue weighted by molar-refractivity contribution is 0.00858. The molecular formula is C24H31NO2. The summed E-state index contributed by atoms with van der Waals surface area (Å²) in [5, 5.41) is 11.1. The second kappa shape index (κ2) is 6.12. The van der Waals surface area contributed by atoms with Crippen LogP contribution in [0.2, 0.25) is 0 Å². The number of phenols is 1. The molecule has 3 nitrogen and oxygen atoms in total. The minimum atomic E-state index is -0.529. The minimum absolute atomic E-state index is 0.0285. The molecule has 2 unspecified atom stereocenters. The fourth-order valence-corrected chi connectivity index (χ4v) is 7.15. The van der Waals surface area contributed by atoms with Gasteiger partial charge in [0.2, 0.25) is 0 Å². The van der Waals surface area contributed by atoms with Gasteiger partial charge in [-0.3, -0.25) is 4.79 Å². The molecule has 3 saturated carbocycles. The van der Waals surface area contributed by atoms with E-state index in [1.165, 1.54) is 49.7 Å². The third-order valence-corrected chi connectivity index (χ3v) is 8.51. The van der Waals surface area contributed by atoms with Crippen LogP contribution < -0.4 is 5.73 Å². The Hall–Kier alpha value is -1.77. The van der Waals surface area contributed by atoms with Gasteiger partial charge in [-0.1, -0.05) is 37.5 Å². The Morgan fingerprint density at radius 3 is 2.78 bits per heavy atom. The standard InChI is InChI=1S/C24H31NO2/c1-14-5-8-20-19-12-17-6-7-18(23(25)27)22(26)21(17)24(20,13-14)10-9-16(19)11-15-3-2-4-15/h6-7,15-16,19-20,26H,1-5,8-13H2,(H2,25,27)/t16?,19-,20-,24?/m0/s1. The van der Waals surface area contributed by atoms with Gasteiger partial charge in [-0.15, -0.1) is 0 Å². The third kappa shape index (κ3) is 2.50. The fourth-order valence-electron chi connectivity index (χ4n) is 7.15. The van der Waals surface area contributed by atoms with Gasteiger partial charge in [0.15, 0.2) is 0 Å². The van der Waals surface area contributed by atoms with E-state index in [4.69, 9.17) is 5.73 Å². The summed E-state index contributed by atoms with van der Waals surface area (Å²) in [5.41, 5.74) is 9.41. The zero-order valence-corrected chi connectivity index (χ0v) is 16.2. The van der Waals surface area contributed by atoms with Crippen LogP contribution in [0, 0.1) is 23.7 Å². The van der Waals surface area contributed by atoms with Gasteiger partial charge < -0.3 is 10.8 Å². The predicted octanol–water partition coefficient (Wildman–Crippen LogP) is 4.86. The van der Waals surface area contributed by atoms with Crippen LogP contribution in [0.1, 0.15) is 79.3 Å². The summed E-state index contributed by atoms with van der Waals surface area (Å²) in [6, 6.07) is 3.81. The van der Waals surface area contributed by atoms with Crippen molar-refractivity contribution in [1.82, 2.24) is 0 Å². The molecule has 4 atom stereocenters. The van der Waals surface area contributed by atoms with Crippen molar-refractivity contribution in [3.8, 4) is 5.75 Å². The van der Waals surface area contributed by atoms with Crippen LogP contribution in [0.3, 0.4) is 0 Å². The van der Waals surface area contributed by atoms with Gasteiger partial charge in [0, 0.05) is 11.0 Å². The first-order valence-electron chi connectivity index (χ1n) is 10.8. The van der Waals surface area contributed by atoms with Crippen molar-refractivity contribution < 1.29 is 9.90 Å². The topological polar surface area (TPSA) is 63.3 Å². The van der Waals surface area contributed by atoms with E-state index in [1.54, 1.807) is 6.07 Å². The van der Waals surface area contributed by atoms with Crippen molar-refractivity contribution in [2.45, 2.75) is 69.6 Å². The first kappa shape index (κ1) is 17.3. The van der Waals surface area contributed by atoms with Crippen LogP contribution in [-0.2, 0) is 11.8 Å². The van der Waals surface area contributed by atoms with E-state index in [2.05, 4.69) is 12.6 Å². The Labute approximate surface area is 162 Å². The molecule has 5 rings (SSSR count). The lowest BCUT2D eigenvalue weighted by Gasteiger charge is -2.59. The highest BCUT2D eigenvalue weighted by molar-refractivity contribution is 5.96.